The molecule has 0 saturated heterocycles. The van der Waals surface area contributed by atoms with Gasteiger partial charge in [-0.1, -0.05) is 30.3 Å². The highest BCUT2D eigenvalue weighted by molar-refractivity contribution is 6.09. The zero-order chi connectivity index (χ0) is 13.2. The minimum atomic E-state index is -0.736. The highest BCUT2D eigenvalue weighted by Crippen LogP contribution is 2.32. The molecule has 94 valence electrons. The van der Waals surface area contributed by atoms with Crippen LogP contribution >= 0.6 is 0 Å². The number of aromatic nitrogens is 1. The Morgan fingerprint density at radius 3 is 2.58 bits per heavy atom. The van der Waals surface area contributed by atoms with Gasteiger partial charge in [0.25, 0.3) is 0 Å². The van der Waals surface area contributed by atoms with E-state index in [9.17, 15) is 4.79 Å². The summed E-state index contributed by atoms with van der Waals surface area (Å²) >= 11 is 0. The summed E-state index contributed by atoms with van der Waals surface area (Å²) in [5.74, 6) is 0.452. The second kappa shape index (κ2) is 4.57. The number of ether oxygens (including phenoxy) is 2. The SMILES string of the molecule is COC(=O)Oc1cc2ncccc2c2ccccc12. The lowest BCUT2D eigenvalue weighted by Crippen LogP contribution is -2.07. The lowest BCUT2D eigenvalue weighted by molar-refractivity contribution is 0.122. The number of methoxy groups -OCH3 is 1. The highest BCUT2D eigenvalue weighted by Gasteiger charge is 2.11. The van der Waals surface area contributed by atoms with Crippen LogP contribution in [0.25, 0.3) is 21.7 Å². The van der Waals surface area contributed by atoms with E-state index in [0.29, 0.717) is 5.75 Å². The highest BCUT2D eigenvalue weighted by atomic mass is 16.7. The molecule has 19 heavy (non-hydrogen) atoms. The van der Waals surface area contributed by atoms with Crippen LogP contribution in [0.4, 0.5) is 4.79 Å². The number of carbonyl (C=O) groups is 1. The number of pyridine rings is 1. The first-order valence-corrected chi connectivity index (χ1v) is 5.82. The van der Waals surface area contributed by atoms with Crippen LogP contribution in [-0.2, 0) is 4.74 Å². The minimum Gasteiger partial charge on any atom is -0.437 e. The first-order valence-electron chi connectivity index (χ1n) is 5.82. The second-order valence-corrected chi connectivity index (χ2v) is 4.05. The van der Waals surface area contributed by atoms with E-state index in [1.807, 2.05) is 36.4 Å². The molecule has 1 aromatic heterocycles. The molecule has 2 aromatic carbocycles. The van der Waals surface area contributed by atoms with Crippen molar-refractivity contribution in [3.8, 4) is 5.75 Å². The third-order valence-electron chi connectivity index (χ3n) is 2.95. The molecule has 0 aliphatic rings. The average molecular weight is 253 g/mol. The van der Waals surface area contributed by atoms with Gasteiger partial charge in [-0.2, -0.15) is 0 Å². The van der Waals surface area contributed by atoms with Crippen LogP contribution in [0.1, 0.15) is 0 Å². The number of fused-ring (bicyclic) bond motifs is 3. The summed E-state index contributed by atoms with van der Waals surface area (Å²) in [6.07, 6.45) is 0.972. The van der Waals surface area contributed by atoms with Crippen molar-refractivity contribution >= 4 is 27.8 Å². The number of rotatable bonds is 1. The Morgan fingerprint density at radius 2 is 1.79 bits per heavy atom. The molecule has 0 amide bonds. The number of hydrogen-bond acceptors (Lipinski definition) is 4. The summed E-state index contributed by atoms with van der Waals surface area (Å²) in [5.41, 5.74) is 0.778. The van der Waals surface area contributed by atoms with Gasteiger partial charge in [0.2, 0.25) is 0 Å². The summed E-state index contributed by atoms with van der Waals surface area (Å²) in [7, 11) is 1.28. The Bertz CT molecular complexity index is 768. The molecule has 0 N–H and O–H groups in total. The van der Waals surface area contributed by atoms with Crippen LogP contribution in [0.3, 0.4) is 0 Å². The summed E-state index contributed by atoms with van der Waals surface area (Å²) in [6, 6.07) is 13.3. The molecule has 0 spiro atoms. The van der Waals surface area contributed by atoms with Gasteiger partial charge in [0.1, 0.15) is 5.75 Å². The maximum atomic E-state index is 11.3. The predicted molar refractivity (Wildman–Crippen MR) is 72.3 cm³/mol. The Labute approximate surface area is 109 Å². The van der Waals surface area contributed by atoms with Gasteiger partial charge in [0.15, 0.2) is 0 Å². The van der Waals surface area contributed by atoms with Gasteiger partial charge in [0.05, 0.1) is 12.6 Å². The van der Waals surface area contributed by atoms with Crippen molar-refractivity contribution in [1.29, 1.82) is 0 Å². The lowest BCUT2D eigenvalue weighted by Gasteiger charge is -2.09. The zero-order valence-electron chi connectivity index (χ0n) is 10.3. The van der Waals surface area contributed by atoms with Gasteiger partial charge < -0.3 is 9.47 Å². The van der Waals surface area contributed by atoms with Gasteiger partial charge in [-0.05, 0) is 11.5 Å². The third kappa shape index (κ3) is 1.97. The molecule has 0 fully saturated rings. The predicted octanol–water partition coefficient (Wildman–Crippen LogP) is 3.53. The summed E-state index contributed by atoms with van der Waals surface area (Å²) in [5, 5.41) is 2.87. The number of carbonyl (C=O) groups excluding carboxylic acids is 1. The third-order valence-corrected chi connectivity index (χ3v) is 2.95. The van der Waals surface area contributed by atoms with Crippen molar-refractivity contribution in [2.45, 2.75) is 0 Å². The Morgan fingerprint density at radius 1 is 1.05 bits per heavy atom. The van der Waals surface area contributed by atoms with E-state index in [2.05, 4.69) is 9.72 Å². The molecule has 1 heterocycles. The summed E-state index contributed by atoms with van der Waals surface area (Å²) in [4.78, 5) is 15.6. The molecule has 0 bridgehead atoms. The largest absolute Gasteiger partial charge is 0.513 e. The fraction of sp³-hybridized carbons (Fsp3) is 0.0667. The second-order valence-electron chi connectivity index (χ2n) is 4.05. The first-order chi connectivity index (χ1) is 9.29. The van der Waals surface area contributed by atoms with Gasteiger partial charge in [-0.15, -0.1) is 0 Å². The average Bonchev–Trinajstić information content (AvgIpc) is 2.47. The van der Waals surface area contributed by atoms with E-state index in [1.165, 1.54) is 7.11 Å². The van der Waals surface area contributed by atoms with E-state index in [4.69, 9.17) is 4.74 Å². The quantitative estimate of drug-likeness (QED) is 0.378. The normalized spacial score (nSPS) is 10.6. The van der Waals surface area contributed by atoms with Gasteiger partial charge in [-0.25, -0.2) is 4.79 Å². The smallest absolute Gasteiger partial charge is 0.437 e. The van der Waals surface area contributed by atoms with Crippen molar-refractivity contribution in [3.05, 3.63) is 48.7 Å². The lowest BCUT2D eigenvalue weighted by atomic mass is 10.0. The fourth-order valence-corrected chi connectivity index (χ4v) is 2.11. The Hall–Kier alpha value is -2.62. The molecule has 0 aliphatic carbocycles. The minimum absolute atomic E-state index is 0.452. The van der Waals surface area contributed by atoms with Gasteiger partial charge in [0, 0.05) is 23.0 Å². The topological polar surface area (TPSA) is 48.4 Å². The zero-order valence-corrected chi connectivity index (χ0v) is 10.3. The molecule has 0 saturated carbocycles. The molecule has 3 rings (SSSR count). The van der Waals surface area contributed by atoms with E-state index in [-0.39, 0.29) is 0 Å². The van der Waals surface area contributed by atoms with E-state index in [0.717, 1.165) is 21.7 Å². The van der Waals surface area contributed by atoms with Crippen molar-refractivity contribution < 1.29 is 14.3 Å². The van der Waals surface area contributed by atoms with Crippen LogP contribution in [0.5, 0.6) is 5.75 Å². The first kappa shape index (κ1) is 11.5. The molecule has 0 radical (unpaired) electrons. The van der Waals surface area contributed by atoms with Crippen molar-refractivity contribution in [2.75, 3.05) is 7.11 Å². The van der Waals surface area contributed by atoms with Crippen LogP contribution in [-0.4, -0.2) is 18.2 Å². The molecular weight excluding hydrogens is 242 g/mol. The van der Waals surface area contributed by atoms with E-state index >= 15 is 0 Å². The standard InChI is InChI=1S/C15H11NO3/c1-18-15(17)19-14-9-13-11(7-4-8-16-13)10-5-2-3-6-12(10)14/h2-9H,1H3. The van der Waals surface area contributed by atoms with Crippen molar-refractivity contribution in [2.24, 2.45) is 0 Å². The molecule has 4 heteroatoms. The summed E-state index contributed by atoms with van der Waals surface area (Å²) < 4.78 is 9.72. The van der Waals surface area contributed by atoms with Crippen LogP contribution < -0.4 is 4.74 Å². The fourth-order valence-electron chi connectivity index (χ4n) is 2.11. The molecule has 4 nitrogen and oxygen atoms in total. The number of hydrogen-bond donors (Lipinski definition) is 0. The van der Waals surface area contributed by atoms with Gasteiger partial charge >= 0.3 is 6.16 Å². The molecule has 0 atom stereocenters. The number of benzene rings is 2. The molecule has 0 aliphatic heterocycles. The number of nitrogens with zero attached hydrogens (tertiary/aromatic N) is 1. The maximum Gasteiger partial charge on any atom is 0.513 e. The van der Waals surface area contributed by atoms with E-state index < -0.39 is 6.16 Å². The van der Waals surface area contributed by atoms with Crippen molar-refractivity contribution in [3.63, 3.8) is 0 Å². The van der Waals surface area contributed by atoms with E-state index in [1.54, 1.807) is 12.3 Å². The maximum absolute atomic E-state index is 11.3. The molecule has 3 aromatic rings. The van der Waals surface area contributed by atoms with Crippen LogP contribution in [0.15, 0.2) is 48.7 Å². The Balaban J connectivity index is 2.32. The molecule has 0 unspecified atom stereocenters. The molecular formula is C15H11NO3. The van der Waals surface area contributed by atoms with Crippen molar-refractivity contribution in [1.82, 2.24) is 4.98 Å². The Kier molecular flexibility index (Phi) is 2.76. The van der Waals surface area contributed by atoms with Gasteiger partial charge in [-0.3, -0.25) is 4.98 Å². The summed E-state index contributed by atoms with van der Waals surface area (Å²) in [6.45, 7) is 0. The van der Waals surface area contributed by atoms with Crippen LogP contribution in [0.2, 0.25) is 0 Å². The van der Waals surface area contributed by atoms with Crippen LogP contribution in [0, 0.1) is 0 Å². The monoisotopic (exact) mass is 253 g/mol.